The minimum atomic E-state index is -0.605. The Balaban J connectivity index is 2.07. The van der Waals surface area contributed by atoms with Gasteiger partial charge in [-0.15, -0.1) is 0 Å². The van der Waals surface area contributed by atoms with Crippen LogP contribution in [0.2, 0.25) is 5.02 Å². The van der Waals surface area contributed by atoms with Crippen LogP contribution in [0.25, 0.3) is 10.9 Å². The summed E-state index contributed by atoms with van der Waals surface area (Å²) in [5, 5.41) is 13.4. The highest BCUT2D eigenvalue weighted by Crippen LogP contribution is 2.24. The lowest BCUT2D eigenvalue weighted by Gasteiger charge is -2.08. The van der Waals surface area contributed by atoms with Crippen molar-refractivity contribution in [2.24, 2.45) is 0 Å². The number of nitrogens with zero attached hydrogens (tertiary/aromatic N) is 3. The molecule has 0 saturated heterocycles. The van der Waals surface area contributed by atoms with Gasteiger partial charge in [-0.05, 0) is 30.3 Å². The molecule has 0 bridgehead atoms. The smallest absolute Gasteiger partial charge is 0.213 e. The summed E-state index contributed by atoms with van der Waals surface area (Å²) < 4.78 is 13.1. The molecule has 21 heavy (non-hydrogen) atoms. The number of hydrogen-bond acceptors (Lipinski definition) is 4. The number of benzene rings is 1. The van der Waals surface area contributed by atoms with Crippen molar-refractivity contribution < 1.29 is 4.39 Å². The highest BCUT2D eigenvalue weighted by molar-refractivity contribution is 6.30. The van der Waals surface area contributed by atoms with Crippen LogP contribution in [-0.4, -0.2) is 9.97 Å². The SMILES string of the molecule is N#Cc1cc2cc(F)ncc2nc1Nc1ccc(Cl)cc1. The molecule has 0 fully saturated rings. The second-order valence-corrected chi connectivity index (χ2v) is 4.76. The zero-order valence-corrected chi connectivity index (χ0v) is 11.4. The number of nitriles is 1. The Bertz CT molecular complexity index is 856. The maximum Gasteiger partial charge on any atom is 0.213 e. The normalized spacial score (nSPS) is 10.3. The summed E-state index contributed by atoms with van der Waals surface area (Å²) in [5.74, 6) is -0.215. The minimum absolute atomic E-state index is 0.322. The molecular formula is C15H8ClFN4. The van der Waals surface area contributed by atoms with Crippen molar-refractivity contribution in [2.45, 2.75) is 0 Å². The van der Waals surface area contributed by atoms with Gasteiger partial charge in [0.1, 0.15) is 11.9 Å². The van der Waals surface area contributed by atoms with Crippen LogP contribution in [0, 0.1) is 17.3 Å². The second kappa shape index (κ2) is 5.35. The summed E-state index contributed by atoms with van der Waals surface area (Å²) in [6.45, 7) is 0. The van der Waals surface area contributed by atoms with Crippen LogP contribution in [-0.2, 0) is 0 Å². The standard InChI is InChI=1S/C15H8ClFN4/c16-11-1-3-12(4-2-11)20-15-10(7-18)5-9-6-14(17)19-8-13(9)21-15/h1-6,8H,(H,20,21). The van der Waals surface area contributed by atoms with Gasteiger partial charge in [0.2, 0.25) is 5.95 Å². The molecule has 1 aromatic carbocycles. The molecule has 0 unspecified atom stereocenters. The van der Waals surface area contributed by atoms with E-state index in [-0.39, 0.29) is 0 Å². The van der Waals surface area contributed by atoms with Gasteiger partial charge in [-0.3, -0.25) is 0 Å². The molecule has 3 aromatic rings. The lowest BCUT2D eigenvalue weighted by molar-refractivity contribution is 0.586. The van der Waals surface area contributed by atoms with Crippen molar-refractivity contribution in [3.05, 3.63) is 59.1 Å². The Labute approximate surface area is 124 Å². The molecule has 0 atom stereocenters. The summed E-state index contributed by atoms with van der Waals surface area (Å²) in [6, 6.07) is 11.9. The fraction of sp³-hybridized carbons (Fsp3) is 0. The van der Waals surface area contributed by atoms with E-state index in [1.165, 1.54) is 12.3 Å². The molecule has 4 nitrogen and oxygen atoms in total. The van der Waals surface area contributed by atoms with Crippen LogP contribution in [0.15, 0.2) is 42.6 Å². The number of aromatic nitrogens is 2. The molecule has 0 spiro atoms. The van der Waals surface area contributed by atoms with Crippen molar-refractivity contribution in [3.63, 3.8) is 0 Å². The van der Waals surface area contributed by atoms with Gasteiger partial charge in [-0.25, -0.2) is 9.97 Å². The Morgan fingerprint density at radius 3 is 2.67 bits per heavy atom. The molecule has 0 amide bonds. The minimum Gasteiger partial charge on any atom is -0.339 e. The van der Waals surface area contributed by atoms with E-state index in [9.17, 15) is 9.65 Å². The maximum atomic E-state index is 13.1. The molecule has 102 valence electrons. The van der Waals surface area contributed by atoms with E-state index in [0.717, 1.165) is 5.69 Å². The lowest BCUT2D eigenvalue weighted by Crippen LogP contribution is -1.98. The van der Waals surface area contributed by atoms with Crippen molar-refractivity contribution in [1.29, 1.82) is 5.26 Å². The zero-order chi connectivity index (χ0) is 14.8. The molecular weight excluding hydrogens is 291 g/mol. The highest BCUT2D eigenvalue weighted by atomic mass is 35.5. The average Bonchev–Trinajstić information content (AvgIpc) is 2.49. The third kappa shape index (κ3) is 2.76. The quantitative estimate of drug-likeness (QED) is 0.725. The van der Waals surface area contributed by atoms with Gasteiger partial charge in [0.15, 0.2) is 0 Å². The first-order chi connectivity index (χ1) is 10.2. The molecule has 0 radical (unpaired) electrons. The van der Waals surface area contributed by atoms with E-state index in [0.29, 0.717) is 27.3 Å². The van der Waals surface area contributed by atoms with Gasteiger partial charge in [0.25, 0.3) is 0 Å². The van der Waals surface area contributed by atoms with Gasteiger partial charge < -0.3 is 5.32 Å². The molecule has 3 rings (SSSR count). The van der Waals surface area contributed by atoms with Crippen LogP contribution >= 0.6 is 11.6 Å². The third-order valence-corrected chi connectivity index (χ3v) is 3.15. The van der Waals surface area contributed by atoms with Crippen molar-refractivity contribution in [3.8, 4) is 6.07 Å². The second-order valence-electron chi connectivity index (χ2n) is 4.33. The molecule has 0 aliphatic carbocycles. The number of fused-ring (bicyclic) bond motifs is 1. The largest absolute Gasteiger partial charge is 0.339 e. The highest BCUT2D eigenvalue weighted by Gasteiger charge is 2.08. The number of halogens is 2. The van der Waals surface area contributed by atoms with Gasteiger partial charge in [-0.2, -0.15) is 9.65 Å². The van der Waals surface area contributed by atoms with Crippen LogP contribution < -0.4 is 5.32 Å². The van der Waals surface area contributed by atoms with Gasteiger partial charge in [-0.1, -0.05) is 11.6 Å². The molecule has 2 aromatic heterocycles. The summed E-state index contributed by atoms with van der Waals surface area (Å²) in [7, 11) is 0. The van der Waals surface area contributed by atoms with Crippen molar-refractivity contribution in [2.75, 3.05) is 5.32 Å². The molecule has 0 saturated carbocycles. The molecule has 2 heterocycles. The van der Waals surface area contributed by atoms with E-state index in [1.54, 1.807) is 30.3 Å². The number of nitrogens with one attached hydrogen (secondary N) is 1. The van der Waals surface area contributed by atoms with Crippen LogP contribution in [0.3, 0.4) is 0 Å². The number of pyridine rings is 2. The molecule has 6 heteroatoms. The Morgan fingerprint density at radius 1 is 1.19 bits per heavy atom. The van der Waals surface area contributed by atoms with E-state index in [2.05, 4.69) is 15.3 Å². The summed E-state index contributed by atoms with van der Waals surface area (Å²) in [5.41, 5.74) is 1.58. The van der Waals surface area contributed by atoms with E-state index >= 15 is 0 Å². The van der Waals surface area contributed by atoms with E-state index in [4.69, 9.17) is 11.6 Å². The van der Waals surface area contributed by atoms with Crippen LogP contribution in [0.4, 0.5) is 15.9 Å². The van der Waals surface area contributed by atoms with Gasteiger partial charge in [0, 0.05) is 22.2 Å². The fourth-order valence-electron chi connectivity index (χ4n) is 1.90. The van der Waals surface area contributed by atoms with Crippen LogP contribution in [0.5, 0.6) is 0 Å². The Morgan fingerprint density at radius 2 is 1.95 bits per heavy atom. The van der Waals surface area contributed by atoms with E-state index < -0.39 is 5.95 Å². The zero-order valence-electron chi connectivity index (χ0n) is 10.6. The Hall–Kier alpha value is -2.71. The first kappa shape index (κ1) is 13.3. The predicted octanol–water partition coefficient (Wildman–Crippen LogP) is 4.04. The van der Waals surface area contributed by atoms with Crippen molar-refractivity contribution >= 4 is 34.0 Å². The summed E-state index contributed by atoms with van der Waals surface area (Å²) >= 11 is 5.83. The molecule has 0 aliphatic rings. The number of hydrogen-bond donors (Lipinski definition) is 1. The number of rotatable bonds is 2. The Kier molecular flexibility index (Phi) is 3.38. The predicted molar refractivity (Wildman–Crippen MR) is 78.9 cm³/mol. The van der Waals surface area contributed by atoms with E-state index in [1.807, 2.05) is 6.07 Å². The summed E-state index contributed by atoms with van der Waals surface area (Å²) in [6.07, 6.45) is 1.33. The van der Waals surface area contributed by atoms with Gasteiger partial charge >= 0.3 is 0 Å². The molecule has 0 aliphatic heterocycles. The fourth-order valence-corrected chi connectivity index (χ4v) is 2.03. The monoisotopic (exact) mass is 298 g/mol. The lowest BCUT2D eigenvalue weighted by atomic mass is 10.2. The first-order valence-corrected chi connectivity index (χ1v) is 6.42. The molecule has 1 N–H and O–H groups in total. The topological polar surface area (TPSA) is 61.6 Å². The van der Waals surface area contributed by atoms with Crippen LogP contribution in [0.1, 0.15) is 5.56 Å². The summed E-state index contributed by atoms with van der Waals surface area (Å²) in [4.78, 5) is 7.87. The maximum absolute atomic E-state index is 13.1. The van der Waals surface area contributed by atoms with Gasteiger partial charge in [0.05, 0.1) is 17.3 Å². The number of anilines is 2. The average molecular weight is 299 g/mol. The van der Waals surface area contributed by atoms with Crippen molar-refractivity contribution in [1.82, 2.24) is 9.97 Å². The third-order valence-electron chi connectivity index (χ3n) is 2.90. The first-order valence-electron chi connectivity index (χ1n) is 6.05.